The van der Waals surface area contributed by atoms with Gasteiger partial charge in [0.25, 0.3) is 0 Å². The third kappa shape index (κ3) is 4.02. The number of rotatable bonds is 5. The molecular weight excluding hydrogens is 348 g/mol. The quantitative estimate of drug-likeness (QED) is 0.533. The second kappa shape index (κ2) is 6.85. The fraction of sp³-hybridized carbons (Fsp3) is 0.333. The van der Waals surface area contributed by atoms with Crippen LogP contribution in [0.1, 0.15) is 38.3 Å². The van der Waals surface area contributed by atoms with Crippen LogP contribution in [0, 0.1) is 0 Å². The highest BCUT2D eigenvalue weighted by Crippen LogP contribution is 2.32. The highest BCUT2D eigenvalue weighted by atomic mass is 79.9. The molecule has 0 atom stereocenters. The topological polar surface area (TPSA) is 9.23 Å². The van der Waals surface area contributed by atoms with Crippen LogP contribution in [0.4, 0.5) is 0 Å². The normalized spacial score (nSPS) is 11.5. The molecule has 0 radical (unpaired) electrons. The van der Waals surface area contributed by atoms with E-state index in [-0.39, 0.29) is 5.41 Å². The van der Waals surface area contributed by atoms with Crippen LogP contribution in [-0.2, 0) is 10.7 Å². The summed E-state index contributed by atoms with van der Waals surface area (Å²) in [6.07, 6.45) is 1.11. The van der Waals surface area contributed by atoms with Crippen LogP contribution in [0.5, 0.6) is 11.5 Å². The largest absolute Gasteiger partial charge is 0.457 e. The van der Waals surface area contributed by atoms with Gasteiger partial charge in [0.1, 0.15) is 11.5 Å². The van der Waals surface area contributed by atoms with Crippen molar-refractivity contribution in [2.75, 3.05) is 0 Å². The van der Waals surface area contributed by atoms with Gasteiger partial charge in [-0.25, -0.2) is 0 Å². The summed E-state index contributed by atoms with van der Waals surface area (Å²) in [5.41, 5.74) is 2.59. The molecule has 1 nitrogen and oxygen atoms in total. The van der Waals surface area contributed by atoms with Gasteiger partial charge in [-0.15, -0.1) is 0 Å². The van der Waals surface area contributed by atoms with E-state index in [9.17, 15) is 0 Å². The minimum Gasteiger partial charge on any atom is -0.457 e. The maximum absolute atomic E-state index is 6.05. The van der Waals surface area contributed by atoms with Crippen molar-refractivity contribution in [3.05, 3.63) is 58.6 Å². The zero-order valence-electron chi connectivity index (χ0n) is 12.6. The molecule has 0 unspecified atom stereocenters. The zero-order valence-corrected chi connectivity index (χ0v) is 15.0. The van der Waals surface area contributed by atoms with Crippen molar-refractivity contribution >= 4 is 27.5 Å². The standard InChI is InChI=1S/C18H20BrClO/c1-4-18(2,3)14-6-9-16(10-7-14)21-17-11-15(20)8-5-13(17)12-19/h5-11H,4,12H2,1-3H3. The highest BCUT2D eigenvalue weighted by Gasteiger charge is 2.17. The summed E-state index contributed by atoms with van der Waals surface area (Å²) >= 11 is 9.52. The van der Waals surface area contributed by atoms with Crippen LogP contribution in [0.3, 0.4) is 0 Å². The molecule has 0 saturated heterocycles. The number of halogens is 2. The first-order chi connectivity index (χ1) is 9.96. The van der Waals surface area contributed by atoms with Crippen molar-refractivity contribution in [2.24, 2.45) is 0 Å². The number of benzene rings is 2. The molecule has 0 saturated carbocycles. The van der Waals surface area contributed by atoms with Gasteiger partial charge in [0.05, 0.1) is 0 Å². The van der Waals surface area contributed by atoms with Gasteiger partial charge in [-0.2, -0.15) is 0 Å². The third-order valence-electron chi connectivity index (χ3n) is 3.92. The van der Waals surface area contributed by atoms with Gasteiger partial charge in [0, 0.05) is 15.9 Å². The zero-order chi connectivity index (χ0) is 15.5. The molecule has 0 bridgehead atoms. The number of hydrogen-bond acceptors (Lipinski definition) is 1. The average molecular weight is 368 g/mol. The predicted molar refractivity (Wildman–Crippen MR) is 93.9 cm³/mol. The highest BCUT2D eigenvalue weighted by molar-refractivity contribution is 9.08. The number of hydrogen-bond donors (Lipinski definition) is 0. The summed E-state index contributed by atoms with van der Waals surface area (Å²) in [6, 6.07) is 14.0. The molecule has 0 aromatic heterocycles. The lowest BCUT2D eigenvalue weighted by Crippen LogP contribution is -2.14. The maximum Gasteiger partial charge on any atom is 0.132 e. The third-order valence-corrected chi connectivity index (χ3v) is 4.76. The van der Waals surface area contributed by atoms with E-state index in [2.05, 4.69) is 48.8 Å². The molecule has 112 valence electrons. The molecule has 2 aromatic carbocycles. The van der Waals surface area contributed by atoms with E-state index in [1.165, 1.54) is 5.56 Å². The fourth-order valence-electron chi connectivity index (χ4n) is 2.04. The van der Waals surface area contributed by atoms with E-state index in [0.29, 0.717) is 5.02 Å². The minimum atomic E-state index is 0.190. The molecule has 0 fully saturated rings. The lowest BCUT2D eigenvalue weighted by Gasteiger charge is -2.23. The Morgan fingerprint density at radius 2 is 1.76 bits per heavy atom. The molecule has 0 aliphatic rings. The van der Waals surface area contributed by atoms with Crippen molar-refractivity contribution in [3.8, 4) is 11.5 Å². The van der Waals surface area contributed by atoms with Gasteiger partial charge < -0.3 is 4.74 Å². The lowest BCUT2D eigenvalue weighted by atomic mass is 9.82. The monoisotopic (exact) mass is 366 g/mol. The molecule has 0 N–H and O–H groups in total. The van der Waals surface area contributed by atoms with Crippen LogP contribution >= 0.6 is 27.5 Å². The van der Waals surface area contributed by atoms with Gasteiger partial charge in [0.2, 0.25) is 0 Å². The molecule has 0 spiro atoms. The molecule has 0 aliphatic carbocycles. The van der Waals surface area contributed by atoms with Crippen LogP contribution in [0.15, 0.2) is 42.5 Å². The smallest absolute Gasteiger partial charge is 0.132 e. The molecule has 2 rings (SSSR count). The summed E-state index contributed by atoms with van der Waals surface area (Å²) in [4.78, 5) is 0. The summed E-state index contributed by atoms with van der Waals surface area (Å²) in [7, 11) is 0. The van der Waals surface area contributed by atoms with E-state index in [1.54, 1.807) is 0 Å². The molecule has 2 aromatic rings. The molecule has 0 heterocycles. The predicted octanol–water partition coefficient (Wildman–Crippen LogP) is 6.71. The van der Waals surface area contributed by atoms with Crippen molar-refractivity contribution in [3.63, 3.8) is 0 Å². The SMILES string of the molecule is CCC(C)(C)c1ccc(Oc2cc(Cl)ccc2CBr)cc1. The molecule has 0 aliphatic heterocycles. The van der Waals surface area contributed by atoms with Crippen molar-refractivity contribution in [1.29, 1.82) is 0 Å². The summed E-state index contributed by atoms with van der Waals surface area (Å²) < 4.78 is 5.97. The summed E-state index contributed by atoms with van der Waals surface area (Å²) in [5, 5.41) is 1.42. The van der Waals surface area contributed by atoms with Crippen LogP contribution < -0.4 is 4.74 Å². The van der Waals surface area contributed by atoms with E-state index in [4.69, 9.17) is 16.3 Å². The Morgan fingerprint density at radius 1 is 1.10 bits per heavy atom. The van der Waals surface area contributed by atoms with Crippen LogP contribution in [-0.4, -0.2) is 0 Å². The Kier molecular flexibility index (Phi) is 5.34. The molecule has 3 heteroatoms. The Morgan fingerprint density at radius 3 is 2.33 bits per heavy atom. The Balaban J connectivity index is 2.23. The first-order valence-corrected chi connectivity index (χ1v) is 8.59. The summed E-state index contributed by atoms with van der Waals surface area (Å²) in [5.74, 6) is 1.62. The van der Waals surface area contributed by atoms with Gasteiger partial charge in [-0.3, -0.25) is 0 Å². The van der Waals surface area contributed by atoms with E-state index >= 15 is 0 Å². The number of ether oxygens (including phenoxy) is 1. The molecule has 0 amide bonds. The second-order valence-electron chi connectivity index (χ2n) is 5.75. The van der Waals surface area contributed by atoms with Crippen molar-refractivity contribution in [1.82, 2.24) is 0 Å². The van der Waals surface area contributed by atoms with Crippen LogP contribution in [0.2, 0.25) is 5.02 Å². The van der Waals surface area contributed by atoms with Crippen LogP contribution in [0.25, 0.3) is 0 Å². The van der Waals surface area contributed by atoms with E-state index in [1.807, 2.05) is 30.3 Å². The van der Waals surface area contributed by atoms with Gasteiger partial charge in [-0.1, -0.05) is 66.5 Å². The lowest BCUT2D eigenvalue weighted by molar-refractivity contribution is 0.474. The van der Waals surface area contributed by atoms with E-state index < -0.39 is 0 Å². The number of alkyl halides is 1. The molecular formula is C18H20BrClO. The van der Waals surface area contributed by atoms with Crippen molar-refractivity contribution < 1.29 is 4.74 Å². The first kappa shape index (κ1) is 16.4. The Bertz CT molecular complexity index is 605. The Labute approximate surface area is 140 Å². The molecule has 21 heavy (non-hydrogen) atoms. The van der Waals surface area contributed by atoms with Gasteiger partial charge in [0.15, 0.2) is 0 Å². The second-order valence-corrected chi connectivity index (χ2v) is 6.75. The first-order valence-electron chi connectivity index (χ1n) is 7.09. The summed E-state index contributed by atoms with van der Waals surface area (Å²) in [6.45, 7) is 6.71. The van der Waals surface area contributed by atoms with Gasteiger partial charge in [-0.05, 0) is 41.7 Å². The Hall–Kier alpha value is -0.990. The van der Waals surface area contributed by atoms with Crippen molar-refractivity contribution in [2.45, 2.75) is 37.9 Å². The van der Waals surface area contributed by atoms with E-state index in [0.717, 1.165) is 28.8 Å². The van der Waals surface area contributed by atoms with Gasteiger partial charge >= 0.3 is 0 Å². The maximum atomic E-state index is 6.05. The minimum absolute atomic E-state index is 0.190. The average Bonchev–Trinajstić information content (AvgIpc) is 2.48. The fourth-order valence-corrected chi connectivity index (χ4v) is 2.66.